The molecule has 0 amide bonds. The van der Waals surface area contributed by atoms with Crippen molar-refractivity contribution in [1.82, 2.24) is 0 Å². The molecule has 0 aliphatic rings. The van der Waals surface area contributed by atoms with E-state index in [0.717, 1.165) is 25.7 Å². The van der Waals surface area contributed by atoms with E-state index in [4.69, 9.17) is 10.2 Å². The van der Waals surface area contributed by atoms with Gasteiger partial charge in [-0.1, -0.05) is 154 Å². The molecule has 228 valence electrons. The zero-order valence-corrected chi connectivity index (χ0v) is 29.8. The predicted octanol–water partition coefficient (Wildman–Crippen LogP) is 8.78. The average molecular weight is 579 g/mol. The van der Waals surface area contributed by atoms with Gasteiger partial charge in [0.2, 0.25) is 0 Å². The molecule has 0 radical (unpaired) electrons. The van der Waals surface area contributed by atoms with Gasteiger partial charge >= 0.3 is 63.3 Å². The second-order valence-electron chi connectivity index (χ2n) is 11.1. The largest absolute Gasteiger partial charge is 1.00 e. The van der Waals surface area contributed by atoms with Gasteiger partial charge in [-0.25, -0.2) is 0 Å². The van der Waals surface area contributed by atoms with Crippen LogP contribution in [-0.2, 0) is 9.59 Å². The Bertz CT molecular complexity index is 514. The summed E-state index contributed by atoms with van der Waals surface area (Å²) in [7, 11) is 0. The van der Waals surface area contributed by atoms with Gasteiger partial charge in [0, 0.05) is 12.8 Å². The number of hydrogen-bond donors (Lipinski definition) is 2. The van der Waals surface area contributed by atoms with E-state index in [1.54, 1.807) is 0 Å². The summed E-state index contributed by atoms with van der Waals surface area (Å²) in [6.07, 6.45) is 38.5. The molecule has 0 saturated heterocycles. The van der Waals surface area contributed by atoms with Crippen LogP contribution < -0.4 is 51.4 Å². The Hall–Kier alpha value is 0.316. The van der Waals surface area contributed by atoms with Crippen molar-refractivity contribution in [1.29, 1.82) is 0 Å². The maximum Gasteiger partial charge on any atom is 1.00 e. The summed E-state index contributed by atoms with van der Waals surface area (Å²) in [6, 6.07) is 0. The molecular weight excluding hydrogens is 511 g/mol. The van der Waals surface area contributed by atoms with E-state index in [1.807, 2.05) is 0 Å². The molecule has 0 aromatic carbocycles. The van der Waals surface area contributed by atoms with Crippen LogP contribution in [0.25, 0.3) is 0 Å². The van der Waals surface area contributed by atoms with Crippen molar-refractivity contribution in [2.24, 2.45) is 0 Å². The van der Waals surface area contributed by atoms with Gasteiger partial charge in [0.15, 0.2) is 0 Å². The van der Waals surface area contributed by atoms with Crippen molar-refractivity contribution < 1.29 is 72.6 Å². The zero-order valence-electron chi connectivity index (χ0n) is 27.7. The second kappa shape index (κ2) is 40.5. The molecule has 0 unspecified atom stereocenters. The minimum absolute atomic E-state index is 0. The molecule has 0 saturated carbocycles. The van der Waals surface area contributed by atoms with Gasteiger partial charge in [0.05, 0.1) is 0 Å². The fraction of sp³-hybridized carbons (Fsp3) is 0.882. The number of rotatable bonds is 29. The molecule has 0 fully saturated rings. The van der Waals surface area contributed by atoms with Crippen molar-refractivity contribution in [3.8, 4) is 0 Å². The Kier molecular flexibility index (Phi) is 45.4. The van der Waals surface area contributed by atoms with Crippen LogP contribution in [0.1, 0.15) is 195 Å². The maximum absolute atomic E-state index is 10.3. The SMILES string of the molecule is CCCCCCCCC=CCCCCCCCC(=O)O.CCCCCCCCCCCCCCCC(=O)O.[H-].[K+]. The number of carbonyl (C=O) groups is 2. The molecule has 0 spiro atoms. The van der Waals surface area contributed by atoms with Gasteiger partial charge < -0.3 is 11.6 Å². The molecular formula is C34H67KO4. The predicted molar refractivity (Wildman–Crippen MR) is 166 cm³/mol. The van der Waals surface area contributed by atoms with Crippen molar-refractivity contribution in [3.63, 3.8) is 0 Å². The first kappa shape index (κ1) is 43.8. The van der Waals surface area contributed by atoms with Crippen molar-refractivity contribution in [2.75, 3.05) is 0 Å². The minimum Gasteiger partial charge on any atom is -1.00 e. The summed E-state index contributed by atoms with van der Waals surface area (Å²) < 4.78 is 0. The van der Waals surface area contributed by atoms with E-state index in [1.165, 1.54) is 141 Å². The first-order valence-corrected chi connectivity index (χ1v) is 16.6. The van der Waals surface area contributed by atoms with E-state index in [2.05, 4.69) is 26.0 Å². The van der Waals surface area contributed by atoms with Gasteiger partial charge in [-0.2, -0.15) is 0 Å². The maximum atomic E-state index is 10.3. The Morgan fingerprint density at radius 2 is 0.667 bits per heavy atom. The third kappa shape index (κ3) is 48.4. The summed E-state index contributed by atoms with van der Waals surface area (Å²) in [6.45, 7) is 4.52. The standard InChI is InChI=1S/C18H34O2.C16H32O2.K.H/c1-2-3-4-5-6-7-8-9-10-11-12-13-14-15-16-17-18(19)20;1-2-3-4-5-6-7-8-9-10-11-12-13-14-15-16(17)18;;/h9-10H,2-8,11-17H2,1H3,(H,19,20);2-15H2,1H3,(H,17,18);;/q;;+1;-1. The number of carboxylic acid groups (broad SMARTS) is 2. The Morgan fingerprint density at radius 1 is 0.436 bits per heavy atom. The van der Waals surface area contributed by atoms with E-state index >= 15 is 0 Å². The molecule has 0 aromatic rings. The van der Waals surface area contributed by atoms with Crippen molar-refractivity contribution >= 4 is 11.9 Å². The molecule has 0 atom stereocenters. The fourth-order valence-corrected chi connectivity index (χ4v) is 4.64. The number of carboxylic acids is 2. The molecule has 0 bridgehead atoms. The Labute approximate surface area is 287 Å². The zero-order chi connectivity index (χ0) is 28.4. The minimum atomic E-state index is -0.664. The molecule has 0 aliphatic heterocycles. The number of allylic oxidation sites excluding steroid dienone is 2. The van der Waals surface area contributed by atoms with Gasteiger partial charge in [-0.15, -0.1) is 0 Å². The quantitative estimate of drug-likeness (QED) is 0.0528. The third-order valence-corrected chi connectivity index (χ3v) is 7.15. The summed E-state index contributed by atoms with van der Waals surface area (Å²) in [5, 5.41) is 17.0. The van der Waals surface area contributed by atoms with Gasteiger partial charge in [0.1, 0.15) is 0 Å². The van der Waals surface area contributed by atoms with Crippen LogP contribution in [0.15, 0.2) is 12.2 Å². The van der Waals surface area contributed by atoms with Crippen LogP contribution >= 0.6 is 0 Å². The first-order valence-electron chi connectivity index (χ1n) is 16.6. The first-order chi connectivity index (χ1) is 18.5. The molecule has 2 N–H and O–H groups in total. The average Bonchev–Trinajstić information content (AvgIpc) is 2.89. The topological polar surface area (TPSA) is 74.6 Å². The van der Waals surface area contributed by atoms with Crippen LogP contribution in [0, 0.1) is 0 Å². The Balaban J connectivity index is -0.000000310. The van der Waals surface area contributed by atoms with Gasteiger partial charge in [-0.3, -0.25) is 9.59 Å². The number of aliphatic carboxylic acids is 2. The van der Waals surface area contributed by atoms with E-state index in [-0.39, 0.29) is 52.8 Å². The van der Waals surface area contributed by atoms with Gasteiger partial charge in [0.25, 0.3) is 0 Å². The molecule has 0 heterocycles. The second-order valence-corrected chi connectivity index (χ2v) is 11.1. The van der Waals surface area contributed by atoms with Crippen LogP contribution in [-0.4, -0.2) is 22.2 Å². The summed E-state index contributed by atoms with van der Waals surface area (Å²) in [5.41, 5.74) is 0. The van der Waals surface area contributed by atoms with Crippen LogP contribution in [0.3, 0.4) is 0 Å². The Morgan fingerprint density at radius 3 is 0.923 bits per heavy atom. The van der Waals surface area contributed by atoms with Crippen molar-refractivity contribution in [2.45, 2.75) is 194 Å². The normalized spacial score (nSPS) is 10.7. The third-order valence-electron chi connectivity index (χ3n) is 7.15. The number of unbranched alkanes of at least 4 members (excludes halogenated alkanes) is 23. The van der Waals surface area contributed by atoms with Crippen molar-refractivity contribution in [3.05, 3.63) is 12.2 Å². The number of hydrogen-bond acceptors (Lipinski definition) is 2. The van der Waals surface area contributed by atoms with Crippen LogP contribution in [0.4, 0.5) is 0 Å². The summed E-state index contributed by atoms with van der Waals surface area (Å²) in [5.74, 6) is -1.32. The molecule has 0 aliphatic carbocycles. The van der Waals surface area contributed by atoms with Crippen LogP contribution in [0.5, 0.6) is 0 Å². The monoisotopic (exact) mass is 578 g/mol. The van der Waals surface area contributed by atoms with Gasteiger partial charge in [-0.05, 0) is 38.5 Å². The summed E-state index contributed by atoms with van der Waals surface area (Å²) >= 11 is 0. The molecule has 5 heteroatoms. The van der Waals surface area contributed by atoms with E-state index in [9.17, 15) is 9.59 Å². The van der Waals surface area contributed by atoms with E-state index < -0.39 is 11.9 Å². The van der Waals surface area contributed by atoms with E-state index in [0.29, 0.717) is 12.8 Å². The molecule has 4 nitrogen and oxygen atoms in total. The molecule has 39 heavy (non-hydrogen) atoms. The smallest absolute Gasteiger partial charge is 1.00 e. The van der Waals surface area contributed by atoms with Crippen LogP contribution in [0.2, 0.25) is 0 Å². The molecule has 0 rings (SSSR count). The summed E-state index contributed by atoms with van der Waals surface area (Å²) in [4.78, 5) is 20.6. The molecule has 0 aromatic heterocycles. The fourth-order valence-electron chi connectivity index (χ4n) is 4.64.